The Balaban J connectivity index is 2.57. The van der Waals surface area contributed by atoms with Crippen LogP contribution in [0.2, 0.25) is 0 Å². The molecule has 0 unspecified atom stereocenters. The Labute approximate surface area is 229 Å². The summed E-state index contributed by atoms with van der Waals surface area (Å²) >= 11 is 0. The van der Waals surface area contributed by atoms with E-state index in [9.17, 15) is 19.2 Å². The second kappa shape index (κ2) is 13.5. The molecule has 0 atom stereocenters. The maximum Gasteiger partial charge on any atom is 0.320 e. The zero-order chi connectivity index (χ0) is 29.4. The fraction of sp³-hybridized carbons (Fsp3) is 0.643. The van der Waals surface area contributed by atoms with E-state index in [0.29, 0.717) is 0 Å². The Kier molecular flexibility index (Phi) is 11.0. The zero-order valence-corrected chi connectivity index (χ0v) is 24.3. The lowest BCUT2D eigenvalue weighted by molar-refractivity contribution is -0.791. The van der Waals surface area contributed by atoms with Gasteiger partial charge in [0.2, 0.25) is 0 Å². The van der Waals surface area contributed by atoms with Crippen molar-refractivity contribution < 1.29 is 42.8 Å². The molecule has 0 saturated carbocycles. The van der Waals surface area contributed by atoms with Gasteiger partial charge < -0.3 is 18.9 Å². The Hall–Kier alpha value is -3.50. The van der Waals surface area contributed by atoms with Gasteiger partial charge in [-0.25, -0.2) is 0 Å². The average molecular weight is 549 g/mol. The van der Waals surface area contributed by atoms with Crippen LogP contribution in [-0.2, 0) is 49.2 Å². The Morgan fingerprint density at radius 1 is 0.744 bits per heavy atom. The molecule has 0 spiro atoms. The molecule has 1 aromatic heterocycles. The van der Waals surface area contributed by atoms with Gasteiger partial charge in [0.25, 0.3) is 0 Å². The number of ether oxygens (including phenoxy) is 4. The predicted molar refractivity (Wildman–Crippen MR) is 141 cm³/mol. The molecular formula is C28H42N3O8+. The quantitative estimate of drug-likeness (QED) is 0.151. The van der Waals surface area contributed by atoms with Gasteiger partial charge in [0, 0.05) is 12.8 Å². The summed E-state index contributed by atoms with van der Waals surface area (Å²) in [5.41, 5.74) is -0.198. The Morgan fingerprint density at radius 3 is 1.59 bits per heavy atom. The summed E-state index contributed by atoms with van der Waals surface area (Å²) in [4.78, 5) is 50.8. The Morgan fingerprint density at radius 2 is 1.15 bits per heavy atom. The summed E-state index contributed by atoms with van der Waals surface area (Å²) in [6.45, 7) is 14.7. The van der Waals surface area contributed by atoms with E-state index in [0.717, 1.165) is 11.0 Å². The van der Waals surface area contributed by atoms with Crippen LogP contribution >= 0.6 is 0 Å². The highest BCUT2D eigenvalue weighted by atomic mass is 16.6. The number of carbonyl (C=O) groups excluding carboxylic acids is 4. The molecule has 39 heavy (non-hydrogen) atoms. The Bertz CT molecular complexity index is 1050. The molecule has 11 nitrogen and oxygen atoms in total. The molecule has 11 heteroatoms. The highest BCUT2D eigenvalue weighted by Crippen LogP contribution is 2.30. The van der Waals surface area contributed by atoms with E-state index in [1.807, 2.05) is 52.0 Å². The average Bonchev–Trinajstić information content (AvgIpc) is 3.28. The van der Waals surface area contributed by atoms with Gasteiger partial charge in [-0.05, 0) is 67.5 Å². The van der Waals surface area contributed by atoms with Crippen LogP contribution in [0.25, 0.3) is 11.0 Å². The second-order valence-corrected chi connectivity index (χ2v) is 10.3. The van der Waals surface area contributed by atoms with Crippen molar-refractivity contribution in [3.05, 3.63) is 24.3 Å². The molecule has 0 N–H and O–H groups in total. The molecule has 0 amide bonds. The van der Waals surface area contributed by atoms with Gasteiger partial charge in [0.15, 0.2) is 22.9 Å². The second-order valence-electron chi connectivity index (χ2n) is 10.3. The first-order valence-electron chi connectivity index (χ1n) is 13.4. The molecule has 0 aliphatic heterocycles. The lowest BCUT2D eigenvalue weighted by Crippen LogP contribution is -2.57. The molecule has 0 aliphatic rings. The number of esters is 4. The van der Waals surface area contributed by atoms with Gasteiger partial charge >= 0.3 is 23.9 Å². The van der Waals surface area contributed by atoms with Crippen LogP contribution in [0.4, 0.5) is 0 Å². The van der Waals surface area contributed by atoms with Crippen LogP contribution in [0, 0.1) is 11.8 Å². The molecule has 216 valence electrons. The van der Waals surface area contributed by atoms with Gasteiger partial charge in [0.05, 0.1) is 31.6 Å². The molecule has 0 radical (unpaired) electrons. The first kappa shape index (κ1) is 31.7. The van der Waals surface area contributed by atoms with Crippen LogP contribution in [0.3, 0.4) is 0 Å². The van der Waals surface area contributed by atoms with Crippen molar-refractivity contribution in [2.24, 2.45) is 11.8 Å². The molecule has 0 bridgehead atoms. The van der Waals surface area contributed by atoms with Gasteiger partial charge in [-0.3, -0.25) is 19.2 Å². The van der Waals surface area contributed by atoms with Crippen LogP contribution in [-0.4, -0.2) is 60.2 Å². The third-order valence-electron chi connectivity index (χ3n) is 6.36. The molecule has 2 rings (SSSR count). The van der Waals surface area contributed by atoms with Gasteiger partial charge in [-0.1, -0.05) is 12.1 Å². The number of rotatable bonds is 14. The van der Waals surface area contributed by atoms with Crippen molar-refractivity contribution in [3.63, 3.8) is 0 Å². The largest absolute Gasteiger partial charge is 0.465 e. The zero-order valence-electron chi connectivity index (χ0n) is 24.3. The number of hydrogen-bond donors (Lipinski definition) is 0. The maximum absolute atomic E-state index is 12.7. The monoisotopic (exact) mass is 548 g/mol. The van der Waals surface area contributed by atoms with Gasteiger partial charge in [-0.15, -0.1) is 9.36 Å². The lowest BCUT2D eigenvalue weighted by Gasteiger charge is -2.25. The molecule has 1 heterocycles. The molecule has 0 fully saturated rings. The highest BCUT2D eigenvalue weighted by Gasteiger charge is 2.45. The smallest absolute Gasteiger partial charge is 0.320 e. The van der Waals surface area contributed by atoms with E-state index in [-0.39, 0.29) is 39.3 Å². The summed E-state index contributed by atoms with van der Waals surface area (Å²) < 4.78 is 24.2. The predicted octanol–water partition coefficient (Wildman–Crippen LogP) is 3.06. The molecule has 0 saturated heterocycles. The summed E-state index contributed by atoms with van der Waals surface area (Å²) in [7, 11) is 0. The van der Waals surface area contributed by atoms with Crippen LogP contribution in [0.5, 0.6) is 0 Å². The van der Waals surface area contributed by atoms with E-state index < -0.39 is 46.8 Å². The number of carbonyl (C=O) groups is 4. The van der Waals surface area contributed by atoms with Crippen LogP contribution < -0.4 is 4.68 Å². The van der Waals surface area contributed by atoms with Crippen molar-refractivity contribution in [3.8, 4) is 0 Å². The lowest BCUT2D eigenvalue weighted by atomic mass is 9.90. The van der Waals surface area contributed by atoms with Crippen LogP contribution in [0.15, 0.2) is 24.3 Å². The number of hydrogen-bond acceptors (Lipinski definition) is 9. The number of benzene rings is 1. The minimum absolute atomic E-state index is 0.0745. The normalized spacial score (nSPS) is 12.1. The van der Waals surface area contributed by atoms with E-state index in [4.69, 9.17) is 24.2 Å². The van der Waals surface area contributed by atoms with E-state index in [1.165, 1.54) is 0 Å². The van der Waals surface area contributed by atoms with E-state index in [2.05, 4.69) is 0 Å². The minimum atomic E-state index is -1.14. The number of fused-ring (bicyclic) bond motifs is 1. The fourth-order valence-corrected chi connectivity index (χ4v) is 4.57. The van der Waals surface area contributed by atoms with Crippen molar-refractivity contribution in [1.82, 2.24) is 9.90 Å². The van der Waals surface area contributed by atoms with Crippen molar-refractivity contribution in [2.45, 2.75) is 79.3 Å². The molecule has 0 aliphatic carbocycles. The van der Waals surface area contributed by atoms with Crippen molar-refractivity contribution in [2.75, 3.05) is 26.4 Å². The molecule has 2 aromatic rings. The first-order chi connectivity index (χ1) is 18.3. The molecular weight excluding hydrogens is 506 g/mol. The van der Waals surface area contributed by atoms with Crippen molar-refractivity contribution in [1.29, 1.82) is 0 Å². The summed E-state index contributed by atoms with van der Waals surface area (Å²) in [5, 5.41) is 4.88. The van der Waals surface area contributed by atoms with E-state index in [1.54, 1.807) is 37.1 Å². The third kappa shape index (κ3) is 7.54. The topological polar surface area (TPSA) is 127 Å². The summed E-state index contributed by atoms with van der Waals surface area (Å²) in [6.07, 6.45) is 0.149. The number of aromatic nitrogens is 3. The summed E-state index contributed by atoms with van der Waals surface area (Å²) in [5.74, 6) is -4.88. The first-order valence-corrected chi connectivity index (χ1v) is 13.4. The highest BCUT2D eigenvalue weighted by molar-refractivity contribution is 5.95. The third-order valence-corrected chi connectivity index (χ3v) is 6.36. The fourth-order valence-electron chi connectivity index (χ4n) is 4.57. The minimum Gasteiger partial charge on any atom is -0.465 e. The number of nitrogens with zero attached hydrogens (tertiary/aromatic N) is 3. The number of para-hydroxylation sites is 2. The van der Waals surface area contributed by atoms with Gasteiger partial charge in [0.1, 0.15) is 11.1 Å². The standard InChI is InChI=1S/C28H42N3O8/c1-9-36-23(32)19(24(33)37-10-2)17-27(5,6)30-21-15-13-14-16-22(21)31(29-30)28(7,8)18-20(25(34)38-11-3)26(35)39-12-4/h13-16,19-20H,9-12,17-18H2,1-8H3/q+1. The van der Waals surface area contributed by atoms with Gasteiger partial charge in [-0.2, -0.15) is 0 Å². The SMILES string of the molecule is CCOC(=O)C(CC(C)(C)n1n[n+](C(C)(C)CC(C(=O)OCC)C(=O)OCC)c2ccccc21)C(=O)OCC. The molecule has 1 aromatic carbocycles. The summed E-state index contributed by atoms with van der Waals surface area (Å²) in [6, 6.07) is 7.49. The maximum atomic E-state index is 12.7. The van der Waals surface area contributed by atoms with E-state index >= 15 is 0 Å². The van der Waals surface area contributed by atoms with Crippen molar-refractivity contribution >= 4 is 34.9 Å². The van der Waals surface area contributed by atoms with Crippen LogP contribution in [0.1, 0.15) is 68.2 Å².